The van der Waals surface area contributed by atoms with Crippen molar-refractivity contribution in [2.24, 2.45) is 7.05 Å². The van der Waals surface area contributed by atoms with Crippen LogP contribution in [0.1, 0.15) is 0 Å². The smallest absolute Gasteiger partial charge is 0.225 e. The second-order valence-electron chi connectivity index (χ2n) is 3.82. The van der Waals surface area contributed by atoms with Crippen molar-refractivity contribution in [2.45, 2.75) is 0 Å². The van der Waals surface area contributed by atoms with Gasteiger partial charge in [0.15, 0.2) is 5.65 Å². The van der Waals surface area contributed by atoms with Gasteiger partial charge in [0.2, 0.25) is 5.28 Å². The van der Waals surface area contributed by atoms with Crippen LogP contribution in [0.3, 0.4) is 0 Å². The number of benzene rings is 1. The quantitative estimate of drug-likeness (QED) is 0.507. The normalized spacial score (nSPS) is 11.1. The molecule has 18 heavy (non-hydrogen) atoms. The van der Waals surface area contributed by atoms with E-state index in [1.165, 1.54) is 0 Å². The van der Waals surface area contributed by atoms with Crippen molar-refractivity contribution < 1.29 is 0 Å². The van der Waals surface area contributed by atoms with E-state index in [1.807, 2.05) is 30.3 Å². The van der Waals surface area contributed by atoms with Crippen LogP contribution in [-0.4, -0.2) is 19.7 Å². The summed E-state index contributed by atoms with van der Waals surface area (Å²) in [7, 11) is 1.80. The molecule has 0 spiro atoms. The second kappa shape index (κ2) is 4.23. The number of nitrogens with zero attached hydrogens (tertiary/aromatic N) is 4. The average Bonchev–Trinajstić information content (AvgIpc) is 2.68. The molecule has 0 saturated carbocycles. The summed E-state index contributed by atoms with van der Waals surface area (Å²) in [6.45, 7) is 0. The minimum atomic E-state index is 0.120. The zero-order valence-corrected chi connectivity index (χ0v) is 10.9. The molecule has 3 aromatic rings. The Bertz CT molecular complexity index is 722. The molecule has 3 rings (SSSR count). The number of halogens is 2. The third-order valence-electron chi connectivity index (χ3n) is 2.66. The monoisotopic (exact) mass is 278 g/mol. The molecule has 0 fully saturated rings. The van der Waals surface area contributed by atoms with Gasteiger partial charge in [-0.3, -0.25) is 0 Å². The van der Waals surface area contributed by atoms with Gasteiger partial charge in [0.1, 0.15) is 10.8 Å². The van der Waals surface area contributed by atoms with Crippen molar-refractivity contribution in [1.29, 1.82) is 0 Å². The van der Waals surface area contributed by atoms with Crippen molar-refractivity contribution in [2.75, 3.05) is 0 Å². The Kier molecular flexibility index (Phi) is 2.69. The van der Waals surface area contributed by atoms with Crippen LogP contribution in [0.4, 0.5) is 0 Å². The number of hydrogen-bond donors (Lipinski definition) is 0. The Morgan fingerprint density at radius 1 is 1.06 bits per heavy atom. The van der Waals surface area contributed by atoms with Crippen molar-refractivity contribution in [3.63, 3.8) is 0 Å². The SMILES string of the molecule is Cn1nc(-c2ccccc2)c2c(Cl)nc(Cl)nc21. The largest absolute Gasteiger partial charge is 0.250 e. The van der Waals surface area contributed by atoms with Crippen LogP contribution >= 0.6 is 23.2 Å². The first-order valence-corrected chi connectivity index (χ1v) is 6.03. The Hall–Kier alpha value is -1.65. The lowest BCUT2D eigenvalue weighted by atomic mass is 10.1. The van der Waals surface area contributed by atoms with Gasteiger partial charge in [-0.05, 0) is 11.6 Å². The van der Waals surface area contributed by atoms with E-state index in [9.17, 15) is 0 Å². The van der Waals surface area contributed by atoms with E-state index < -0.39 is 0 Å². The van der Waals surface area contributed by atoms with Crippen LogP contribution in [0.5, 0.6) is 0 Å². The molecule has 2 heterocycles. The van der Waals surface area contributed by atoms with Gasteiger partial charge in [0, 0.05) is 12.6 Å². The standard InChI is InChI=1S/C12H8Cl2N4/c1-18-11-8(10(13)15-12(14)16-11)9(17-18)7-5-3-2-4-6-7/h2-6H,1H3. The zero-order chi connectivity index (χ0) is 12.7. The maximum absolute atomic E-state index is 6.14. The molecule has 0 saturated heterocycles. The summed E-state index contributed by atoms with van der Waals surface area (Å²) in [5.74, 6) is 0. The molecule has 0 bridgehead atoms. The number of fused-ring (bicyclic) bond motifs is 1. The molecule has 0 aliphatic heterocycles. The van der Waals surface area contributed by atoms with Gasteiger partial charge in [-0.25, -0.2) is 9.67 Å². The molecule has 1 aromatic carbocycles. The van der Waals surface area contributed by atoms with E-state index in [1.54, 1.807) is 11.7 Å². The summed E-state index contributed by atoms with van der Waals surface area (Å²) in [5.41, 5.74) is 2.35. The number of aromatic nitrogens is 4. The first-order valence-electron chi connectivity index (χ1n) is 5.28. The van der Waals surface area contributed by atoms with Crippen LogP contribution in [-0.2, 0) is 7.05 Å². The fourth-order valence-corrected chi connectivity index (χ4v) is 2.34. The van der Waals surface area contributed by atoms with Crippen molar-refractivity contribution in [1.82, 2.24) is 19.7 Å². The Morgan fingerprint density at radius 2 is 1.78 bits per heavy atom. The molecule has 6 heteroatoms. The van der Waals surface area contributed by atoms with Crippen molar-refractivity contribution >= 4 is 34.2 Å². The first-order chi connectivity index (χ1) is 8.66. The minimum Gasteiger partial charge on any atom is -0.250 e. The topological polar surface area (TPSA) is 43.6 Å². The van der Waals surface area contributed by atoms with Gasteiger partial charge in [0.05, 0.1) is 5.39 Å². The van der Waals surface area contributed by atoms with Gasteiger partial charge >= 0.3 is 0 Å². The summed E-state index contributed by atoms with van der Waals surface area (Å²) in [5, 5.41) is 5.59. The number of rotatable bonds is 1. The van der Waals surface area contributed by atoms with Crippen LogP contribution in [0.25, 0.3) is 22.3 Å². The maximum Gasteiger partial charge on any atom is 0.225 e. The second-order valence-corrected chi connectivity index (χ2v) is 4.52. The lowest BCUT2D eigenvalue weighted by molar-refractivity contribution is 0.788. The van der Waals surface area contributed by atoms with Crippen LogP contribution in [0.15, 0.2) is 30.3 Å². The lowest BCUT2D eigenvalue weighted by Crippen LogP contribution is -1.93. The summed E-state index contributed by atoms with van der Waals surface area (Å²) < 4.78 is 1.65. The first kappa shape index (κ1) is 11.4. The highest BCUT2D eigenvalue weighted by Crippen LogP contribution is 2.31. The van der Waals surface area contributed by atoms with Crippen LogP contribution in [0.2, 0.25) is 10.4 Å². The van der Waals surface area contributed by atoms with Gasteiger partial charge in [-0.1, -0.05) is 41.9 Å². The van der Waals surface area contributed by atoms with Gasteiger partial charge in [-0.2, -0.15) is 10.1 Å². The molecule has 0 aliphatic rings. The van der Waals surface area contributed by atoms with Gasteiger partial charge < -0.3 is 0 Å². The van der Waals surface area contributed by atoms with E-state index in [4.69, 9.17) is 23.2 Å². The molecule has 0 radical (unpaired) electrons. The molecule has 2 aromatic heterocycles. The molecule has 0 unspecified atom stereocenters. The number of hydrogen-bond acceptors (Lipinski definition) is 3. The minimum absolute atomic E-state index is 0.120. The van der Waals surface area contributed by atoms with Gasteiger partial charge in [0.25, 0.3) is 0 Å². The summed E-state index contributed by atoms with van der Waals surface area (Å²) in [6, 6.07) is 9.77. The van der Waals surface area contributed by atoms with Gasteiger partial charge in [-0.15, -0.1) is 0 Å². The highest BCUT2D eigenvalue weighted by molar-refractivity contribution is 6.36. The Labute approximate surface area is 113 Å². The lowest BCUT2D eigenvalue weighted by Gasteiger charge is -1.98. The van der Waals surface area contributed by atoms with E-state index in [-0.39, 0.29) is 5.28 Å². The fourth-order valence-electron chi connectivity index (χ4n) is 1.88. The molecular formula is C12H8Cl2N4. The van der Waals surface area contributed by atoms with Crippen molar-refractivity contribution in [3.05, 3.63) is 40.8 Å². The molecule has 0 aliphatic carbocycles. The Morgan fingerprint density at radius 3 is 2.50 bits per heavy atom. The molecule has 0 N–H and O–H groups in total. The zero-order valence-electron chi connectivity index (χ0n) is 9.43. The van der Waals surface area contributed by atoms with Crippen LogP contribution in [0, 0.1) is 0 Å². The summed E-state index contributed by atoms with van der Waals surface area (Å²) >= 11 is 11.9. The third kappa shape index (κ3) is 1.74. The summed E-state index contributed by atoms with van der Waals surface area (Å²) in [6.07, 6.45) is 0. The average molecular weight is 279 g/mol. The van der Waals surface area contributed by atoms with Crippen molar-refractivity contribution in [3.8, 4) is 11.3 Å². The van der Waals surface area contributed by atoms with E-state index in [0.29, 0.717) is 10.8 Å². The molecule has 0 atom stereocenters. The van der Waals surface area contributed by atoms with E-state index in [0.717, 1.165) is 16.6 Å². The molecular weight excluding hydrogens is 271 g/mol. The predicted octanol–water partition coefficient (Wildman–Crippen LogP) is 3.34. The number of aryl methyl sites for hydroxylation is 1. The Balaban J connectivity index is 2.38. The predicted molar refractivity (Wildman–Crippen MR) is 71.8 cm³/mol. The van der Waals surface area contributed by atoms with Crippen LogP contribution < -0.4 is 0 Å². The summed E-state index contributed by atoms with van der Waals surface area (Å²) in [4.78, 5) is 8.12. The molecule has 0 amide bonds. The third-order valence-corrected chi connectivity index (χ3v) is 3.10. The molecule has 4 nitrogen and oxygen atoms in total. The van der Waals surface area contributed by atoms with E-state index >= 15 is 0 Å². The molecule has 90 valence electrons. The van der Waals surface area contributed by atoms with E-state index in [2.05, 4.69) is 15.1 Å². The fraction of sp³-hybridized carbons (Fsp3) is 0.0833. The highest BCUT2D eigenvalue weighted by Gasteiger charge is 2.16. The maximum atomic E-state index is 6.14. The highest BCUT2D eigenvalue weighted by atomic mass is 35.5.